The summed E-state index contributed by atoms with van der Waals surface area (Å²) < 4.78 is 9.52. The second-order valence-corrected chi connectivity index (χ2v) is 7.27. The SMILES string of the molecule is CC(C)(C)c1nnsc1-c1nc(C2CCCCCN2)no1. The van der Waals surface area contributed by atoms with Gasteiger partial charge in [0.25, 0.3) is 5.89 Å². The first-order chi connectivity index (χ1) is 10.1. The lowest BCUT2D eigenvalue weighted by Gasteiger charge is -2.14. The fourth-order valence-electron chi connectivity index (χ4n) is 2.54. The maximum absolute atomic E-state index is 5.47. The summed E-state index contributed by atoms with van der Waals surface area (Å²) >= 11 is 1.32. The molecule has 3 rings (SSSR count). The van der Waals surface area contributed by atoms with Gasteiger partial charge in [-0.05, 0) is 30.9 Å². The monoisotopic (exact) mass is 307 g/mol. The van der Waals surface area contributed by atoms with Gasteiger partial charge in [0.2, 0.25) is 0 Å². The molecular formula is C14H21N5OS. The topological polar surface area (TPSA) is 76.7 Å². The van der Waals surface area contributed by atoms with Gasteiger partial charge >= 0.3 is 0 Å². The van der Waals surface area contributed by atoms with E-state index in [9.17, 15) is 0 Å². The van der Waals surface area contributed by atoms with Crippen molar-refractivity contribution in [3.63, 3.8) is 0 Å². The number of hydrogen-bond acceptors (Lipinski definition) is 7. The number of nitrogens with zero attached hydrogens (tertiary/aromatic N) is 4. The van der Waals surface area contributed by atoms with Crippen LogP contribution in [0.4, 0.5) is 0 Å². The van der Waals surface area contributed by atoms with Crippen molar-refractivity contribution < 1.29 is 4.52 Å². The van der Waals surface area contributed by atoms with E-state index in [0.29, 0.717) is 5.89 Å². The van der Waals surface area contributed by atoms with E-state index in [1.807, 2.05) is 0 Å². The van der Waals surface area contributed by atoms with Gasteiger partial charge in [0.05, 0.1) is 11.7 Å². The van der Waals surface area contributed by atoms with Crippen molar-refractivity contribution in [3.8, 4) is 10.8 Å². The predicted molar refractivity (Wildman–Crippen MR) is 81.1 cm³/mol. The first kappa shape index (κ1) is 14.6. The Morgan fingerprint density at radius 3 is 2.90 bits per heavy atom. The molecule has 3 heterocycles. The van der Waals surface area contributed by atoms with Crippen LogP contribution in [0.15, 0.2) is 4.52 Å². The summed E-state index contributed by atoms with van der Waals surface area (Å²) in [5, 5.41) is 11.9. The average Bonchev–Trinajstić information content (AvgIpc) is 3.01. The molecule has 0 saturated carbocycles. The van der Waals surface area contributed by atoms with E-state index in [1.54, 1.807) is 0 Å². The smallest absolute Gasteiger partial charge is 0.271 e. The third kappa shape index (κ3) is 3.13. The van der Waals surface area contributed by atoms with Crippen molar-refractivity contribution in [3.05, 3.63) is 11.5 Å². The lowest BCUT2D eigenvalue weighted by molar-refractivity contribution is 0.402. The van der Waals surface area contributed by atoms with Crippen LogP contribution in [0.1, 0.15) is 64.0 Å². The van der Waals surface area contributed by atoms with Crippen LogP contribution in [-0.2, 0) is 5.41 Å². The van der Waals surface area contributed by atoms with E-state index in [4.69, 9.17) is 4.52 Å². The predicted octanol–water partition coefficient (Wildman–Crippen LogP) is 3.09. The number of rotatable bonds is 2. The zero-order chi connectivity index (χ0) is 14.9. The van der Waals surface area contributed by atoms with Crippen molar-refractivity contribution in [1.29, 1.82) is 0 Å². The Bertz CT molecular complexity index is 593. The van der Waals surface area contributed by atoms with Crippen LogP contribution >= 0.6 is 11.5 Å². The van der Waals surface area contributed by atoms with Crippen LogP contribution in [0, 0.1) is 0 Å². The summed E-state index contributed by atoms with van der Waals surface area (Å²) in [6.45, 7) is 7.34. The first-order valence-electron chi connectivity index (χ1n) is 7.46. The molecule has 21 heavy (non-hydrogen) atoms. The highest BCUT2D eigenvalue weighted by Crippen LogP contribution is 2.33. The molecule has 6 nitrogen and oxygen atoms in total. The van der Waals surface area contributed by atoms with Gasteiger partial charge < -0.3 is 9.84 Å². The van der Waals surface area contributed by atoms with Gasteiger partial charge in [-0.25, -0.2) is 0 Å². The fourth-order valence-corrected chi connectivity index (χ4v) is 3.34. The highest BCUT2D eigenvalue weighted by Gasteiger charge is 2.27. The van der Waals surface area contributed by atoms with Crippen molar-refractivity contribution in [2.75, 3.05) is 6.54 Å². The van der Waals surface area contributed by atoms with Crippen LogP contribution in [0.3, 0.4) is 0 Å². The molecule has 1 aliphatic heterocycles. The van der Waals surface area contributed by atoms with Gasteiger partial charge in [-0.15, -0.1) is 5.10 Å². The minimum absolute atomic E-state index is 0.0858. The highest BCUT2D eigenvalue weighted by molar-refractivity contribution is 7.09. The molecule has 1 atom stereocenters. The molecule has 114 valence electrons. The molecule has 0 spiro atoms. The molecule has 0 aliphatic carbocycles. The van der Waals surface area contributed by atoms with Crippen molar-refractivity contribution >= 4 is 11.5 Å². The van der Waals surface area contributed by atoms with Gasteiger partial charge in [-0.3, -0.25) is 0 Å². The van der Waals surface area contributed by atoms with E-state index in [-0.39, 0.29) is 11.5 Å². The summed E-state index contributed by atoms with van der Waals surface area (Å²) in [4.78, 5) is 5.47. The minimum Gasteiger partial charge on any atom is -0.333 e. The van der Waals surface area contributed by atoms with E-state index in [2.05, 4.69) is 45.8 Å². The van der Waals surface area contributed by atoms with Crippen LogP contribution in [0.25, 0.3) is 10.8 Å². The van der Waals surface area contributed by atoms with Gasteiger partial charge in [0.1, 0.15) is 4.88 Å². The number of aromatic nitrogens is 4. The second kappa shape index (κ2) is 5.81. The standard InChI is InChI=1S/C14H21N5OS/c1-14(2,3)11-10(21-19-17-11)13-16-12(18-20-13)9-7-5-4-6-8-15-9/h9,15H,4-8H2,1-3H3. The van der Waals surface area contributed by atoms with Crippen molar-refractivity contribution in [2.45, 2.75) is 57.9 Å². The molecule has 7 heteroatoms. The van der Waals surface area contributed by atoms with Crippen LogP contribution in [-0.4, -0.2) is 26.3 Å². The zero-order valence-electron chi connectivity index (χ0n) is 12.7. The van der Waals surface area contributed by atoms with Crippen molar-refractivity contribution in [1.82, 2.24) is 25.0 Å². The second-order valence-electron chi connectivity index (χ2n) is 6.51. The Balaban J connectivity index is 1.86. The Morgan fingerprint density at radius 2 is 2.10 bits per heavy atom. The molecule has 1 unspecified atom stereocenters. The van der Waals surface area contributed by atoms with E-state index >= 15 is 0 Å². The molecule has 0 amide bonds. The fraction of sp³-hybridized carbons (Fsp3) is 0.714. The summed E-state index contributed by atoms with van der Waals surface area (Å²) in [7, 11) is 0. The molecule has 0 bridgehead atoms. The summed E-state index contributed by atoms with van der Waals surface area (Å²) in [5.41, 5.74) is 0.828. The molecule has 2 aromatic rings. The Hall–Kier alpha value is -1.34. The van der Waals surface area contributed by atoms with E-state index in [0.717, 1.165) is 29.4 Å². The maximum Gasteiger partial charge on any atom is 0.271 e. The third-order valence-electron chi connectivity index (χ3n) is 3.71. The molecule has 2 aromatic heterocycles. The molecule has 0 aromatic carbocycles. The molecule has 1 N–H and O–H groups in total. The van der Waals surface area contributed by atoms with Crippen LogP contribution in [0.5, 0.6) is 0 Å². The average molecular weight is 307 g/mol. The lowest BCUT2D eigenvalue weighted by atomic mass is 9.91. The van der Waals surface area contributed by atoms with E-state index in [1.165, 1.54) is 30.8 Å². The molecule has 0 radical (unpaired) electrons. The van der Waals surface area contributed by atoms with Gasteiger partial charge in [-0.2, -0.15) is 4.98 Å². The number of hydrogen-bond donors (Lipinski definition) is 1. The quantitative estimate of drug-likeness (QED) is 0.918. The number of nitrogens with one attached hydrogen (secondary N) is 1. The lowest BCUT2D eigenvalue weighted by Crippen LogP contribution is -2.21. The molecular weight excluding hydrogens is 286 g/mol. The Kier molecular flexibility index (Phi) is 4.03. The van der Waals surface area contributed by atoms with Gasteiger partial charge in [-0.1, -0.05) is 43.3 Å². The molecule has 1 saturated heterocycles. The minimum atomic E-state index is -0.0858. The molecule has 1 aliphatic rings. The largest absolute Gasteiger partial charge is 0.333 e. The first-order valence-corrected chi connectivity index (χ1v) is 8.23. The maximum atomic E-state index is 5.47. The van der Waals surface area contributed by atoms with Gasteiger partial charge in [0.15, 0.2) is 5.82 Å². The Morgan fingerprint density at radius 1 is 1.24 bits per heavy atom. The summed E-state index contributed by atoms with van der Waals surface area (Å²) in [6.07, 6.45) is 4.75. The zero-order valence-corrected chi connectivity index (χ0v) is 13.5. The van der Waals surface area contributed by atoms with Crippen LogP contribution < -0.4 is 5.32 Å². The third-order valence-corrected chi connectivity index (χ3v) is 4.42. The van der Waals surface area contributed by atoms with Crippen molar-refractivity contribution in [2.24, 2.45) is 0 Å². The molecule has 1 fully saturated rings. The van der Waals surface area contributed by atoms with Gasteiger partial charge in [0, 0.05) is 5.41 Å². The highest BCUT2D eigenvalue weighted by atomic mass is 32.1. The summed E-state index contributed by atoms with van der Waals surface area (Å²) in [5.74, 6) is 1.29. The van der Waals surface area contributed by atoms with Crippen LogP contribution in [0.2, 0.25) is 0 Å². The normalized spacial score (nSPS) is 20.4. The van der Waals surface area contributed by atoms with E-state index < -0.39 is 0 Å². The Labute approximate surface area is 128 Å². The summed E-state index contributed by atoms with van der Waals surface area (Å²) in [6, 6.07) is 0.198.